The second kappa shape index (κ2) is 9.78. The van der Waals surface area contributed by atoms with Gasteiger partial charge in [0, 0.05) is 23.0 Å². The number of carbonyl (C=O) groups excluding carboxylic acids is 2. The predicted molar refractivity (Wildman–Crippen MR) is 120 cm³/mol. The Balaban J connectivity index is 1.65. The molecule has 0 unspecified atom stereocenters. The first-order chi connectivity index (χ1) is 15.5. The van der Waals surface area contributed by atoms with Crippen LogP contribution in [0.2, 0.25) is 0 Å². The Morgan fingerprint density at radius 3 is 2.36 bits per heavy atom. The second-order valence-corrected chi connectivity index (χ2v) is 8.97. The van der Waals surface area contributed by atoms with Crippen molar-refractivity contribution in [3.05, 3.63) is 89.0 Å². The molecule has 3 N–H and O–H groups in total. The summed E-state index contributed by atoms with van der Waals surface area (Å²) < 4.78 is 54.2. The van der Waals surface area contributed by atoms with Crippen LogP contribution in [0, 0.1) is 25.5 Å². The smallest absolute Gasteiger partial charge is 0.262 e. The van der Waals surface area contributed by atoms with E-state index in [1.165, 1.54) is 30.3 Å². The number of benzene rings is 3. The Bertz CT molecular complexity index is 1330. The van der Waals surface area contributed by atoms with E-state index in [-0.39, 0.29) is 21.8 Å². The molecule has 3 aromatic rings. The van der Waals surface area contributed by atoms with Crippen LogP contribution in [-0.4, -0.2) is 26.8 Å². The van der Waals surface area contributed by atoms with Crippen LogP contribution in [0.15, 0.2) is 65.6 Å². The number of amides is 2. The summed E-state index contributed by atoms with van der Waals surface area (Å²) in [5.74, 6) is -3.43. The molecule has 10 heteroatoms. The standard InChI is InChI=1S/C23H21F2N3O4S/c1-14-6-7-15(2)21(10-14)33(31,32)28-18-5-3-4-16(11-18)23(30)26-13-22(29)27-17-8-9-19(24)20(25)12-17/h3-12,28H,13H2,1-2H3,(H,26,30)(H,27,29). The second-order valence-electron chi connectivity index (χ2n) is 7.31. The molecule has 0 aliphatic heterocycles. The number of rotatable bonds is 7. The summed E-state index contributed by atoms with van der Waals surface area (Å²) in [4.78, 5) is 24.5. The van der Waals surface area contributed by atoms with Crippen molar-refractivity contribution in [3.63, 3.8) is 0 Å². The molecule has 0 aromatic heterocycles. The van der Waals surface area contributed by atoms with Gasteiger partial charge >= 0.3 is 0 Å². The van der Waals surface area contributed by atoms with Gasteiger partial charge in [-0.3, -0.25) is 14.3 Å². The first-order valence-corrected chi connectivity index (χ1v) is 11.3. The average Bonchev–Trinajstić information content (AvgIpc) is 2.76. The maximum atomic E-state index is 13.2. The fourth-order valence-electron chi connectivity index (χ4n) is 2.97. The van der Waals surface area contributed by atoms with Crippen molar-refractivity contribution in [2.45, 2.75) is 18.7 Å². The Morgan fingerprint density at radius 2 is 1.64 bits per heavy atom. The highest BCUT2D eigenvalue weighted by molar-refractivity contribution is 7.92. The highest BCUT2D eigenvalue weighted by Crippen LogP contribution is 2.21. The summed E-state index contributed by atoms with van der Waals surface area (Å²) in [6.45, 7) is 3.03. The maximum absolute atomic E-state index is 13.2. The van der Waals surface area contributed by atoms with Crippen molar-refractivity contribution < 1.29 is 26.8 Å². The first-order valence-electron chi connectivity index (χ1n) is 9.78. The fourth-order valence-corrected chi connectivity index (χ4v) is 4.35. The van der Waals surface area contributed by atoms with Crippen molar-refractivity contribution in [1.82, 2.24) is 5.32 Å². The SMILES string of the molecule is Cc1ccc(C)c(S(=O)(=O)Nc2cccc(C(=O)NCC(=O)Nc3ccc(F)c(F)c3)c2)c1. The molecule has 0 heterocycles. The molecule has 3 rings (SSSR count). The van der Waals surface area contributed by atoms with Gasteiger partial charge in [0.25, 0.3) is 15.9 Å². The minimum atomic E-state index is -3.88. The summed E-state index contributed by atoms with van der Waals surface area (Å²) in [7, 11) is -3.88. The molecule has 0 radical (unpaired) electrons. The van der Waals surface area contributed by atoms with Gasteiger partial charge in [0.05, 0.1) is 11.4 Å². The zero-order valence-electron chi connectivity index (χ0n) is 17.8. The summed E-state index contributed by atoms with van der Waals surface area (Å²) in [6.07, 6.45) is 0. The van der Waals surface area contributed by atoms with Crippen LogP contribution in [0.25, 0.3) is 0 Å². The Hall–Kier alpha value is -3.79. The van der Waals surface area contributed by atoms with Gasteiger partial charge in [0.2, 0.25) is 5.91 Å². The molecule has 0 atom stereocenters. The number of hydrogen-bond donors (Lipinski definition) is 3. The average molecular weight is 474 g/mol. The lowest BCUT2D eigenvalue weighted by Gasteiger charge is -2.12. The maximum Gasteiger partial charge on any atom is 0.262 e. The van der Waals surface area contributed by atoms with Crippen LogP contribution in [0.3, 0.4) is 0 Å². The Morgan fingerprint density at radius 1 is 0.879 bits per heavy atom. The van der Waals surface area contributed by atoms with Crippen LogP contribution in [-0.2, 0) is 14.8 Å². The molecular formula is C23H21F2N3O4S. The molecule has 2 amide bonds. The van der Waals surface area contributed by atoms with Gasteiger partial charge in [-0.05, 0) is 61.4 Å². The zero-order valence-corrected chi connectivity index (χ0v) is 18.6. The largest absolute Gasteiger partial charge is 0.343 e. The van der Waals surface area contributed by atoms with Gasteiger partial charge < -0.3 is 10.6 Å². The molecular weight excluding hydrogens is 452 g/mol. The molecule has 0 aliphatic rings. The van der Waals surface area contributed by atoms with E-state index in [1.807, 2.05) is 6.07 Å². The monoisotopic (exact) mass is 473 g/mol. The lowest BCUT2D eigenvalue weighted by Crippen LogP contribution is -2.32. The fraction of sp³-hybridized carbons (Fsp3) is 0.130. The number of sulfonamides is 1. The topological polar surface area (TPSA) is 104 Å². The van der Waals surface area contributed by atoms with E-state index in [0.29, 0.717) is 5.56 Å². The normalized spacial score (nSPS) is 11.0. The van der Waals surface area contributed by atoms with E-state index in [2.05, 4.69) is 15.4 Å². The first kappa shape index (κ1) is 23.9. The molecule has 0 saturated carbocycles. The number of hydrogen-bond acceptors (Lipinski definition) is 4. The molecule has 3 aromatic carbocycles. The summed E-state index contributed by atoms with van der Waals surface area (Å²) in [5.41, 5.74) is 1.70. The van der Waals surface area contributed by atoms with Crippen molar-refractivity contribution >= 4 is 33.2 Å². The lowest BCUT2D eigenvalue weighted by atomic mass is 10.2. The molecule has 0 fully saturated rings. The quantitative estimate of drug-likeness (QED) is 0.486. The number of aryl methyl sites for hydroxylation is 2. The van der Waals surface area contributed by atoms with Crippen molar-refractivity contribution in [2.75, 3.05) is 16.6 Å². The van der Waals surface area contributed by atoms with Crippen LogP contribution in [0.4, 0.5) is 20.2 Å². The van der Waals surface area contributed by atoms with E-state index in [4.69, 9.17) is 0 Å². The molecule has 0 bridgehead atoms. The molecule has 33 heavy (non-hydrogen) atoms. The van der Waals surface area contributed by atoms with E-state index < -0.39 is 40.0 Å². The van der Waals surface area contributed by atoms with E-state index in [9.17, 15) is 26.8 Å². The van der Waals surface area contributed by atoms with Gasteiger partial charge in [-0.2, -0.15) is 0 Å². The number of anilines is 2. The molecule has 172 valence electrons. The van der Waals surface area contributed by atoms with Crippen molar-refractivity contribution in [1.29, 1.82) is 0 Å². The summed E-state index contributed by atoms with van der Waals surface area (Å²) in [5, 5.41) is 4.72. The van der Waals surface area contributed by atoms with Crippen LogP contribution < -0.4 is 15.4 Å². The molecule has 0 saturated heterocycles. The summed E-state index contributed by atoms with van der Waals surface area (Å²) in [6, 6.07) is 13.7. The third-order valence-corrected chi connectivity index (χ3v) is 6.15. The minimum absolute atomic E-state index is 0.0380. The predicted octanol–water partition coefficient (Wildman–Crippen LogP) is 3.75. The van der Waals surface area contributed by atoms with Gasteiger partial charge in [-0.25, -0.2) is 17.2 Å². The van der Waals surface area contributed by atoms with Crippen LogP contribution in [0.5, 0.6) is 0 Å². The molecule has 0 spiro atoms. The number of nitrogens with one attached hydrogen (secondary N) is 3. The Kier molecular flexibility index (Phi) is 7.07. The summed E-state index contributed by atoms with van der Waals surface area (Å²) >= 11 is 0. The number of halogens is 2. The molecule has 7 nitrogen and oxygen atoms in total. The van der Waals surface area contributed by atoms with Gasteiger partial charge in [0.15, 0.2) is 11.6 Å². The van der Waals surface area contributed by atoms with E-state index in [0.717, 1.165) is 17.7 Å². The third kappa shape index (κ3) is 6.13. The Labute approximate surface area is 189 Å². The minimum Gasteiger partial charge on any atom is -0.343 e. The zero-order chi connectivity index (χ0) is 24.2. The lowest BCUT2D eigenvalue weighted by molar-refractivity contribution is -0.115. The van der Waals surface area contributed by atoms with Crippen LogP contribution >= 0.6 is 0 Å². The van der Waals surface area contributed by atoms with Crippen LogP contribution in [0.1, 0.15) is 21.5 Å². The van der Waals surface area contributed by atoms with Crippen molar-refractivity contribution in [2.24, 2.45) is 0 Å². The highest BCUT2D eigenvalue weighted by Gasteiger charge is 2.18. The molecule has 0 aliphatic carbocycles. The highest BCUT2D eigenvalue weighted by atomic mass is 32.2. The van der Waals surface area contributed by atoms with Gasteiger partial charge in [0.1, 0.15) is 0 Å². The van der Waals surface area contributed by atoms with E-state index >= 15 is 0 Å². The number of carbonyl (C=O) groups is 2. The van der Waals surface area contributed by atoms with E-state index in [1.54, 1.807) is 26.0 Å². The van der Waals surface area contributed by atoms with Gasteiger partial charge in [-0.1, -0.05) is 18.2 Å². The third-order valence-electron chi connectivity index (χ3n) is 4.62. The van der Waals surface area contributed by atoms with Gasteiger partial charge in [-0.15, -0.1) is 0 Å². The van der Waals surface area contributed by atoms with Crippen molar-refractivity contribution in [3.8, 4) is 0 Å².